The first kappa shape index (κ1) is 23.2. The summed E-state index contributed by atoms with van der Waals surface area (Å²) >= 11 is 0. The van der Waals surface area contributed by atoms with Crippen molar-refractivity contribution in [3.05, 3.63) is 0 Å². The van der Waals surface area contributed by atoms with Crippen LogP contribution in [0.15, 0.2) is 0 Å². The Morgan fingerprint density at radius 3 is 1.11 bits per heavy atom. The molecule has 0 bridgehead atoms. The van der Waals surface area contributed by atoms with Crippen molar-refractivity contribution in [2.45, 2.75) is 6.92 Å². The minimum absolute atomic E-state index is 0. The topological polar surface area (TPSA) is 96.5 Å². The Bertz CT molecular complexity index is 42.7. The second-order valence-corrected chi connectivity index (χ2v) is 2.61. The van der Waals surface area contributed by atoms with E-state index in [0.717, 1.165) is 4.48 Å². The van der Waals surface area contributed by atoms with Gasteiger partial charge in [0.2, 0.25) is 0 Å². The van der Waals surface area contributed by atoms with Gasteiger partial charge in [-0.3, -0.25) is 0 Å². The van der Waals surface area contributed by atoms with Crippen LogP contribution in [-0.2, 0) is 0 Å². The highest BCUT2D eigenvalue weighted by molar-refractivity contribution is 4.06. The van der Waals surface area contributed by atoms with E-state index in [2.05, 4.69) is 28.1 Å². The molecule has 4 nitrogen and oxygen atoms in total. The molecule has 0 aliphatic heterocycles. The smallest absolute Gasteiger partial charge is 0.0751 e. The fourth-order valence-electron chi connectivity index (χ4n) is 0. The molecule has 0 atom stereocenters. The van der Waals surface area contributed by atoms with Gasteiger partial charge in [-0.25, -0.2) is 0 Å². The zero-order valence-electron chi connectivity index (χ0n) is 7.05. The van der Waals surface area contributed by atoms with Crippen LogP contribution < -0.4 is 6.15 Å². The second kappa shape index (κ2) is 7.84. The van der Waals surface area contributed by atoms with Crippen molar-refractivity contribution in [2.75, 3.05) is 27.7 Å². The normalized spacial score (nSPS) is 8.00. The molecule has 0 aliphatic carbocycles. The van der Waals surface area contributed by atoms with Gasteiger partial charge in [0.25, 0.3) is 0 Å². The molecule has 0 rings (SSSR count). The highest BCUT2D eigenvalue weighted by Crippen LogP contribution is 1.83. The zero-order chi connectivity index (χ0) is 5.21. The van der Waals surface area contributed by atoms with Crippen LogP contribution in [0.4, 0.5) is 0 Å². The van der Waals surface area contributed by atoms with Crippen molar-refractivity contribution in [1.82, 2.24) is 6.15 Å². The summed E-state index contributed by atoms with van der Waals surface area (Å²) in [5.41, 5.74) is 0. The molecule has 0 saturated heterocycles. The summed E-state index contributed by atoms with van der Waals surface area (Å²) in [7, 11) is 6.54. The fourth-order valence-corrected chi connectivity index (χ4v) is 0. The number of hydrogen-bond acceptors (Lipinski definition) is 2. The van der Waals surface area contributed by atoms with E-state index in [1.165, 1.54) is 6.54 Å². The first-order valence-electron chi connectivity index (χ1n) is 2.36. The van der Waals surface area contributed by atoms with E-state index in [4.69, 9.17) is 0 Å². The van der Waals surface area contributed by atoms with E-state index in [0.29, 0.717) is 0 Å². The van der Waals surface area contributed by atoms with Gasteiger partial charge < -0.3 is 21.6 Å². The summed E-state index contributed by atoms with van der Waals surface area (Å²) in [6.45, 7) is 3.39. The first-order valence-corrected chi connectivity index (χ1v) is 2.36. The van der Waals surface area contributed by atoms with E-state index in [9.17, 15) is 0 Å². The summed E-state index contributed by atoms with van der Waals surface area (Å²) in [6, 6.07) is 0. The molecule has 0 radical (unpaired) electrons. The predicted molar refractivity (Wildman–Crippen MR) is 38.4 cm³/mol. The third-order valence-corrected chi connectivity index (χ3v) is 0.949. The van der Waals surface area contributed by atoms with Crippen molar-refractivity contribution in [2.24, 2.45) is 0 Å². The standard InChI is InChI=1S/C5H14N.H3N.2H2O/c1-5-6(2,3)4;;;/h5H2,1-4H3;1H3;2*1H2/q+1;;;/p-1. The van der Waals surface area contributed by atoms with E-state index in [1.807, 2.05) is 0 Å². The van der Waals surface area contributed by atoms with Crippen LogP contribution in [-0.4, -0.2) is 43.1 Å². The lowest BCUT2D eigenvalue weighted by molar-refractivity contribution is -0.868. The molecule has 0 fully saturated rings. The van der Waals surface area contributed by atoms with Crippen LogP contribution in [0.1, 0.15) is 6.92 Å². The molecule has 0 aromatic heterocycles. The van der Waals surface area contributed by atoms with Gasteiger partial charge in [-0.2, -0.15) is 0 Å². The Labute approximate surface area is 57.3 Å². The molecule has 0 saturated carbocycles. The van der Waals surface area contributed by atoms with Gasteiger partial charge in [0, 0.05) is 0 Å². The molecule has 0 aliphatic rings. The van der Waals surface area contributed by atoms with Gasteiger partial charge in [-0.15, -0.1) is 0 Å². The van der Waals surface area contributed by atoms with Gasteiger partial charge in [0.15, 0.2) is 0 Å². The summed E-state index contributed by atoms with van der Waals surface area (Å²) < 4.78 is 1.07. The third-order valence-electron chi connectivity index (χ3n) is 0.949. The molecule has 6 N–H and O–H groups in total. The summed E-state index contributed by atoms with van der Waals surface area (Å²) in [4.78, 5) is 0. The van der Waals surface area contributed by atoms with E-state index < -0.39 is 0 Å². The quantitative estimate of drug-likeness (QED) is 0.543. The third kappa shape index (κ3) is 33.2. The lowest BCUT2D eigenvalue weighted by Crippen LogP contribution is -2.33. The predicted octanol–water partition coefficient (Wildman–Crippen LogP) is 0.735. The molecule has 0 heterocycles. The summed E-state index contributed by atoms with van der Waals surface area (Å²) in [6.07, 6.45) is 0. The molecule has 0 aromatic carbocycles. The second-order valence-electron chi connectivity index (χ2n) is 2.61. The number of quaternary nitrogens is 2. The number of rotatable bonds is 1. The molecule has 0 unspecified atom stereocenters. The number of nitrogens with zero attached hydrogens (tertiary/aromatic N) is 1. The van der Waals surface area contributed by atoms with Crippen LogP contribution >= 0.6 is 0 Å². The van der Waals surface area contributed by atoms with Gasteiger partial charge in [-0.05, 0) is 6.92 Å². The molecule has 62 valence electrons. The SMILES string of the molecule is CC[N+](C)(C)C.[NH4+].[OH-].[OH-]. The molecule has 4 heteroatoms. The van der Waals surface area contributed by atoms with Gasteiger partial charge in [0.1, 0.15) is 0 Å². The Kier molecular flexibility index (Phi) is 20.2. The largest absolute Gasteiger partial charge is 0.870 e. The van der Waals surface area contributed by atoms with Crippen molar-refractivity contribution in [1.29, 1.82) is 0 Å². The van der Waals surface area contributed by atoms with Crippen molar-refractivity contribution >= 4 is 0 Å². The monoisotopic (exact) mass is 140 g/mol. The van der Waals surface area contributed by atoms with E-state index in [1.54, 1.807) is 0 Å². The van der Waals surface area contributed by atoms with Crippen LogP contribution in [0.3, 0.4) is 0 Å². The van der Waals surface area contributed by atoms with Gasteiger partial charge >= 0.3 is 0 Å². The van der Waals surface area contributed by atoms with Crippen LogP contribution in [0.25, 0.3) is 0 Å². The molecule has 0 aromatic rings. The highest BCUT2D eigenvalue weighted by atomic mass is 16.0. The lowest BCUT2D eigenvalue weighted by atomic mass is 10.6. The Morgan fingerprint density at radius 2 is 1.11 bits per heavy atom. The molecule has 9 heavy (non-hydrogen) atoms. The maximum atomic E-state index is 2.18. The molecular formula is C5H20N2O2. The molecule has 0 amide bonds. The summed E-state index contributed by atoms with van der Waals surface area (Å²) in [5.74, 6) is 0. The van der Waals surface area contributed by atoms with Crippen molar-refractivity contribution < 1.29 is 15.4 Å². The Hall–Kier alpha value is -0.160. The average Bonchev–Trinajstić information content (AvgIpc) is 1.35. The van der Waals surface area contributed by atoms with E-state index in [-0.39, 0.29) is 17.1 Å². The molecule has 0 spiro atoms. The first-order chi connectivity index (χ1) is 2.56. The van der Waals surface area contributed by atoms with Crippen molar-refractivity contribution in [3.8, 4) is 0 Å². The lowest BCUT2D eigenvalue weighted by Gasteiger charge is -2.20. The highest BCUT2D eigenvalue weighted by Gasteiger charge is 1.97. The Morgan fingerprint density at radius 1 is 1.00 bits per heavy atom. The van der Waals surface area contributed by atoms with Crippen molar-refractivity contribution in [3.63, 3.8) is 0 Å². The van der Waals surface area contributed by atoms with Gasteiger partial charge in [-0.1, -0.05) is 0 Å². The summed E-state index contributed by atoms with van der Waals surface area (Å²) in [5, 5.41) is 0. The van der Waals surface area contributed by atoms with Crippen LogP contribution in [0, 0.1) is 0 Å². The maximum absolute atomic E-state index is 2.18. The average molecular weight is 140 g/mol. The van der Waals surface area contributed by atoms with Gasteiger partial charge in [0.05, 0.1) is 27.7 Å². The molecular weight excluding hydrogens is 120 g/mol. The Balaban J connectivity index is -0.0000000417. The fraction of sp³-hybridized carbons (Fsp3) is 1.00. The number of hydrogen-bond donors (Lipinski definition) is 1. The minimum atomic E-state index is 0. The zero-order valence-corrected chi connectivity index (χ0v) is 7.05. The van der Waals surface area contributed by atoms with Crippen LogP contribution in [0.2, 0.25) is 0 Å². The maximum Gasteiger partial charge on any atom is 0.0751 e. The van der Waals surface area contributed by atoms with E-state index >= 15 is 0 Å². The van der Waals surface area contributed by atoms with Crippen LogP contribution in [0.5, 0.6) is 0 Å². The minimum Gasteiger partial charge on any atom is -0.870 e.